The molecule has 4 nitrogen and oxygen atoms in total. The number of nitrogens with zero attached hydrogens (tertiary/aromatic N) is 1. The quantitative estimate of drug-likeness (QED) is 0.723. The summed E-state index contributed by atoms with van der Waals surface area (Å²) in [5.41, 5.74) is 0.361. The largest absolute Gasteiger partial charge is 0.508 e. The lowest BCUT2D eigenvalue weighted by atomic mass is 10.1. The van der Waals surface area contributed by atoms with Crippen molar-refractivity contribution in [2.24, 2.45) is 0 Å². The lowest BCUT2D eigenvalue weighted by Gasteiger charge is -2.09. The monoisotopic (exact) mass is 287 g/mol. The number of rotatable bonds is 1. The van der Waals surface area contributed by atoms with E-state index >= 15 is 0 Å². The number of hydrogen-bond donors (Lipinski definition) is 2. The van der Waals surface area contributed by atoms with Crippen LogP contribution in [0.2, 0.25) is 5.02 Å². The lowest BCUT2D eigenvalue weighted by Crippen LogP contribution is -2.17. The van der Waals surface area contributed by atoms with E-state index in [0.717, 1.165) is 0 Å². The molecular weight excluding hydrogens is 278 g/mol. The third kappa shape index (κ3) is 2.00. The summed E-state index contributed by atoms with van der Waals surface area (Å²) in [4.78, 5) is 12.4. The highest BCUT2D eigenvalue weighted by Crippen LogP contribution is 2.25. The third-order valence-corrected chi connectivity index (χ3v) is 3.38. The van der Waals surface area contributed by atoms with Gasteiger partial charge in [0.25, 0.3) is 5.56 Å². The van der Waals surface area contributed by atoms with Crippen molar-refractivity contribution in [2.75, 3.05) is 0 Å². The van der Waals surface area contributed by atoms with Gasteiger partial charge in [0.2, 0.25) is 0 Å². The van der Waals surface area contributed by atoms with Crippen molar-refractivity contribution in [1.29, 1.82) is 0 Å². The summed E-state index contributed by atoms with van der Waals surface area (Å²) in [5.74, 6) is 0.180. The van der Waals surface area contributed by atoms with Crippen LogP contribution in [0.15, 0.2) is 53.5 Å². The summed E-state index contributed by atoms with van der Waals surface area (Å²) < 4.78 is 1.40. The lowest BCUT2D eigenvalue weighted by molar-refractivity contribution is 0.475. The average molecular weight is 288 g/mol. The van der Waals surface area contributed by atoms with Gasteiger partial charge in [-0.2, -0.15) is 0 Å². The van der Waals surface area contributed by atoms with Crippen molar-refractivity contribution in [3.63, 3.8) is 0 Å². The van der Waals surface area contributed by atoms with Crippen LogP contribution in [-0.4, -0.2) is 14.8 Å². The Morgan fingerprint density at radius 3 is 2.25 bits per heavy atom. The van der Waals surface area contributed by atoms with E-state index in [1.807, 2.05) is 0 Å². The van der Waals surface area contributed by atoms with Crippen molar-refractivity contribution in [3.8, 4) is 17.2 Å². The zero-order chi connectivity index (χ0) is 14.3. The number of phenolic OH excluding ortho intramolecular Hbond substituents is 2. The van der Waals surface area contributed by atoms with Crippen molar-refractivity contribution in [2.45, 2.75) is 0 Å². The Morgan fingerprint density at radius 1 is 0.900 bits per heavy atom. The maximum Gasteiger partial charge on any atom is 0.263 e. The molecule has 2 N–H and O–H groups in total. The molecule has 3 aromatic rings. The van der Waals surface area contributed by atoms with Crippen LogP contribution in [0.5, 0.6) is 11.5 Å². The smallest absolute Gasteiger partial charge is 0.263 e. The molecular formula is C15H10ClNO3. The molecule has 100 valence electrons. The molecule has 0 spiro atoms. The number of halogens is 1. The van der Waals surface area contributed by atoms with Crippen molar-refractivity contribution in [1.82, 2.24) is 4.57 Å². The van der Waals surface area contributed by atoms with Gasteiger partial charge in [-0.1, -0.05) is 11.6 Å². The molecule has 5 heteroatoms. The fourth-order valence-corrected chi connectivity index (χ4v) is 2.35. The second-order valence-corrected chi connectivity index (χ2v) is 4.81. The predicted molar refractivity (Wildman–Crippen MR) is 77.9 cm³/mol. The van der Waals surface area contributed by atoms with Crippen molar-refractivity contribution in [3.05, 3.63) is 64.0 Å². The number of hydrogen-bond acceptors (Lipinski definition) is 3. The molecule has 1 aromatic heterocycles. The molecule has 0 unspecified atom stereocenters. The van der Waals surface area contributed by atoms with Gasteiger partial charge in [0.05, 0.1) is 5.02 Å². The topological polar surface area (TPSA) is 62.5 Å². The average Bonchev–Trinajstić information content (AvgIpc) is 2.44. The van der Waals surface area contributed by atoms with E-state index in [0.29, 0.717) is 21.5 Å². The first-order valence-corrected chi connectivity index (χ1v) is 6.27. The van der Waals surface area contributed by atoms with Gasteiger partial charge in [-0.25, -0.2) is 0 Å². The van der Waals surface area contributed by atoms with Gasteiger partial charge in [-0.15, -0.1) is 0 Å². The Bertz CT molecular complexity index is 853. The minimum atomic E-state index is -0.241. The van der Waals surface area contributed by atoms with Crippen LogP contribution >= 0.6 is 11.6 Å². The highest BCUT2D eigenvalue weighted by molar-refractivity contribution is 6.35. The Balaban J connectivity index is 2.33. The normalized spacial score (nSPS) is 10.8. The zero-order valence-corrected chi connectivity index (χ0v) is 11.0. The Labute approximate surface area is 119 Å². The first-order chi connectivity index (χ1) is 9.56. The van der Waals surface area contributed by atoms with Crippen LogP contribution < -0.4 is 5.56 Å². The molecule has 0 aliphatic rings. The molecule has 2 aromatic carbocycles. The first kappa shape index (κ1) is 12.6. The summed E-state index contributed by atoms with van der Waals surface area (Å²) in [6.07, 6.45) is 1.50. The van der Waals surface area contributed by atoms with Crippen LogP contribution in [0, 0.1) is 0 Å². The van der Waals surface area contributed by atoms with E-state index < -0.39 is 0 Å². The molecule has 0 bridgehead atoms. The van der Waals surface area contributed by atoms with Crippen molar-refractivity contribution >= 4 is 22.4 Å². The van der Waals surface area contributed by atoms with Crippen LogP contribution in [-0.2, 0) is 0 Å². The van der Waals surface area contributed by atoms with Gasteiger partial charge >= 0.3 is 0 Å². The molecule has 0 saturated heterocycles. The molecule has 3 rings (SSSR count). The molecule has 0 aliphatic carbocycles. The summed E-state index contributed by atoms with van der Waals surface area (Å²) in [5, 5.41) is 20.0. The van der Waals surface area contributed by atoms with E-state index in [1.54, 1.807) is 12.1 Å². The fraction of sp³-hybridized carbons (Fsp3) is 0. The zero-order valence-electron chi connectivity index (χ0n) is 10.2. The molecule has 0 amide bonds. The Kier molecular flexibility index (Phi) is 2.88. The number of aromatic hydroxyl groups is 2. The second-order valence-electron chi connectivity index (χ2n) is 4.40. The maximum absolute atomic E-state index is 12.4. The summed E-state index contributed by atoms with van der Waals surface area (Å²) in [6, 6.07) is 10.7. The Morgan fingerprint density at radius 2 is 1.55 bits per heavy atom. The van der Waals surface area contributed by atoms with Crippen LogP contribution in [0.3, 0.4) is 0 Å². The van der Waals surface area contributed by atoms with Gasteiger partial charge in [-0.3, -0.25) is 9.36 Å². The minimum absolute atomic E-state index is 0.0567. The van der Waals surface area contributed by atoms with Gasteiger partial charge in [-0.05, 0) is 42.5 Å². The van der Waals surface area contributed by atoms with Crippen LogP contribution in [0.4, 0.5) is 0 Å². The minimum Gasteiger partial charge on any atom is -0.508 e. The summed E-state index contributed by atoms with van der Waals surface area (Å²) in [6.45, 7) is 0. The number of aromatic nitrogens is 1. The summed E-state index contributed by atoms with van der Waals surface area (Å²) in [7, 11) is 0. The fourth-order valence-electron chi connectivity index (χ4n) is 2.09. The van der Waals surface area contributed by atoms with Gasteiger partial charge < -0.3 is 10.2 Å². The van der Waals surface area contributed by atoms with Crippen LogP contribution in [0.1, 0.15) is 0 Å². The third-order valence-electron chi connectivity index (χ3n) is 3.08. The first-order valence-electron chi connectivity index (χ1n) is 5.89. The van der Waals surface area contributed by atoms with E-state index in [4.69, 9.17) is 11.6 Å². The number of fused-ring (bicyclic) bond motifs is 1. The number of phenols is 2. The van der Waals surface area contributed by atoms with E-state index in [-0.39, 0.29) is 17.1 Å². The molecule has 0 saturated carbocycles. The van der Waals surface area contributed by atoms with E-state index in [2.05, 4.69) is 0 Å². The van der Waals surface area contributed by atoms with E-state index in [1.165, 1.54) is 41.1 Å². The highest BCUT2D eigenvalue weighted by Gasteiger charge is 2.09. The van der Waals surface area contributed by atoms with Crippen LogP contribution in [0.25, 0.3) is 16.5 Å². The molecule has 0 radical (unpaired) electrons. The van der Waals surface area contributed by atoms with Gasteiger partial charge in [0, 0.05) is 22.7 Å². The standard InChI is InChI=1S/C15H10ClNO3/c16-14-8-17(9-1-3-10(18)4-2-9)15(20)12-6-5-11(19)7-13(12)14/h1-8,18-19H. The summed E-state index contributed by atoms with van der Waals surface area (Å²) >= 11 is 6.17. The molecule has 0 atom stereocenters. The number of pyridine rings is 1. The second kappa shape index (κ2) is 4.58. The van der Waals surface area contributed by atoms with E-state index in [9.17, 15) is 15.0 Å². The Hall–Kier alpha value is -2.46. The molecule has 0 aliphatic heterocycles. The van der Waals surface area contributed by atoms with Gasteiger partial charge in [0.15, 0.2) is 0 Å². The molecule has 0 fully saturated rings. The SMILES string of the molecule is O=c1c2ccc(O)cc2c(Cl)cn1-c1ccc(O)cc1. The van der Waals surface area contributed by atoms with Crippen molar-refractivity contribution < 1.29 is 10.2 Å². The predicted octanol–water partition coefficient (Wildman–Crippen LogP) is 3.06. The highest BCUT2D eigenvalue weighted by atomic mass is 35.5. The van der Waals surface area contributed by atoms with Gasteiger partial charge in [0.1, 0.15) is 11.5 Å². The molecule has 20 heavy (non-hydrogen) atoms. The molecule has 1 heterocycles. The maximum atomic E-state index is 12.4. The number of benzene rings is 2.